The first-order valence-corrected chi connectivity index (χ1v) is 9.63. The Kier molecular flexibility index (Phi) is 4.33. The molecule has 0 spiro atoms. The van der Waals surface area contributed by atoms with Crippen LogP contribution in [0, 0.1) is 0 Å². The fourth-order valence-electron chi connectivity index (χ4n) is 3.62. The summed E-state index contributed by atoms with van der Waals surface area (Å²) in [4.78, 5) is 19.3. The minimum atomic E-state index is -0.00425. The summed E-state index contributed by atoms with van der Waals surface area (Å²) in [5, 5.41) is 4.34. The molecule has 2 aliphatic heterocycles. The van der Waals surface area contributed by atoms with Crippen LogP contribution in [0.25, 0.3) is 10.9 Å². The summed E-state index contributed by atoms with van der Waals surface area (Å²) >= 11 is 1.79. The molecule has 4 rings (SSSR count). The fourth-order valence-corrected chi connectivity index (χ4v) is 4.55. The van der Waals surface area contributed by atoms with Crippen molar-refractivity contribution in [3.63, 3.8) is 0 Å². The van der Waals surface area contributed by atoms with Crippen molar-refractivity contribution in [2.45, 2.75) is 24.8 Å². The maximum Gasteiger partial charge on any atom is 0.240 e. The van der Waals surface area contributed by atoms with Crippen molar-refractivity contribution in [2.75, 3.05) is 30.5 Å². The van der Waals surface area contributed by atoms with Crippen molar-refractivity contribution in [3.05, 3.63) is 36.0 Å². The molecular weight excluding hydrogens is 320 g/mol. The Balaban J connectivity index is 1.47. The number of thioether (sulfide) groups is 1. The number of likely N-dealkylation sites (tertiary alicyclic amines) is 1. The number of carbonyl (C=O) groups is 1. The van der Waals surface area contributed by atoms with Crippen molar-refractivity contribution >= 4 is 34.3 Å². The summed E-state index contributed by atoms with van der Waals surface area (Å²) in [5.41, 5.74) is 9.02. The lowest BCUT2D eigenvalue weighted by Crippen LogP contribution is -2.47. The van der Waals surface area contributed by atoms with Crippen LogP contribution in [0.4, 0.5) is 5.69 Å². The quantitative estimate of drug-likeness (QED) is 0.875. The molecular formula is C18H22N4OS. The fraction of sp³-hybridized carbons (Fsp3) is 0.444. The summed E-state index contributed by atoms with van der Waals surface area (Å²) in [6, 6.07) is 10.1. The van der Waals surface area contributed by atoms with E-state index < -0.39 is 0 Å². The number of rotatable bonds is 2. The number of pyridine rings is 1. The van der Waals surface area contributed by atoms with Gasteiger partial charge in [-0.25, -0.2) is 0 Å². The van der Waals surface area contributed by atoms with Crippen LogP contribution in [0.3, 0.4) is 0 Å². The van der Waals surface area contributed by atoms with Crippen molar-refractivity contribution in [1.82, 2.24) is 15.2 Å². The highest BCUT2D eigenvalue weighted by atomic mass is 32.2. The van der Waals surface area contributed by atoms with E-state index in [0.717, 1.165) is 59.8 Å². The van der Waals surface area contributed by atoms with Gasteiger partial charge in [0.1, 0.15) is 0 Å². The van der Waals surface area contributed by atoms with Crippen molar-refractivity contribution in [3.8, 4) is 0 Å². The number of nitrogen functional groups attached to an aromatic ring is 1. The van der Waals surface area contributed by atoms with Crippen molar-refractivity contribution in [2.24, 2.45) is 0 Å². The molecule has 2 saturated heterocycles. The summed E-state index contributed by atoms with van der Waals surface area (Å²) in [6.45, 7) is 1.58. The van der Waals surface area contributed by atoms with Crippen LogP contribution in [-0.4, -0.2) is 46.6 Å². The minimum absolute atomic E-state index is 0.00425. The van der Waals surface area contributed by atoms with Gasteiger partial charge in [-0.15, -0.1) is 11.8 Å². The second-order valence-corrected chi connectivity index (χ2v) is 7.56. The Morgan fingerprint density at radius 1 is 1.29 bits per heavy atom. The molecule has 1 aromatic carbocycles. The highest BCUT2D eigenvalue weighted by Gasteiger charge is 2.31. The first kappa shape index (κ1) is 15.7. The minimum Gasteiger partial charge on any atom is -0.397 e. The van der Waals surface area contributed by atoms with Gasteiger partial charge in [0.15, 0.2) is 0 Å². The Labute approximate surface area is 146 Å². The Bertz CT molecular complexity index is 752. The molecule has 5 nitrogen and oxygen atoms in total. The van der Waals surface area contributed by atoms with Gasteiger partial charge in [-0.05, 0) is 25.0 Å². The van der Waals surface area contributed by atoms with Crippen molar-refractivity contribution < 1.29 is 4.79 Å². The van der Waals surface area contributed by atoms with Crippen molar-refractivity contribution in [1.29, 1.82) is 0 Å². The topological polar surface area (TPSA) is 71.2 Å². The van der Waals surface area contributed by atoms with E-state index in [1.807, 2.05) is 35.2 Å². The number of amides is 1. The van der Waals surface area contributed by atoms with E-state index in [2.05, 4.69) is 5.32 Å². The zero-order chi connectivity index (χ0) is 16.5. The van der Waals surface area contributed by atoms with E-state index in [9.17, 15) is 4.79 Å². The molecule has 0 aliphatic carbocycles. The number of piperidine rings is 1. The molecule has 24 heavy (non-hydrogen) atoms. The van der Waals surface area contributed by atoms with E-state index in [1.165, 1.54) is 0 Å². The standard InChI is InChI=1S/C18H22N4OS/c19-14-9-13-3-1-2-4-15(13)21-17(14)12-5-7-22(8-6-12)18(23)16-10-24-11-20-16/h1-4,9,12,16,20H,5-8,10-11,19H2/t16-/m1/s1. The number of nitrogens with two attached hydrogens (primary N) is 1. The molecule has 2 fully saturated rings. The van der Waals surface area contributed by atoms with Gasteiger partial charge in [0, 0.05) is 36.0 Å². The highest BCUT2D eigenvalue weighted by Crippen LogP contribution is 2.32. The molecule has 3 heterocycles. The number of aromatic nitrogens is 1. The summed E-state index contributed by atoms with van der Waals surface area (Å²) in [6.07, 6.45) is 1.86. The third kappa shape index (κ3) is 2.96. The summed E-state index contributed by atoms with van der Waals surface area (Å²) < 4.78 is 0. The number of anilines is 1. The first-order chi connectivity index (χ1) is 11.7. The number of nitrogens with one attached hydrogen (secondary N) is 1. The van der Waals surface area contributed by atoms with Gasteiger partial charge in [-0.1, -0.05) is 18.2 Å². The zero-order valence-electron chi connectivity index (χ0n) is 13.6. The summed E-state index contributed by atoms with van der Waals surface area (Å²) in [7, 11) is 0. The van der Waals surface area contributed by atoms with E-state index in [1.54, 1.807) is 11.8 Å². The molecule has 1 aromatic heterocycles. The lowest BCUT2D eigenvalue weighted by molar-refractivity contribution is -0.133. The average Bonchev–Trinajstić information content (AvgIpc) is 3.15. The molecule has 126 valence electrons. The van der Waals surface area contributed by atoms with E-state index in [0.29, 0.717) is 5.92 Å². The predicted molar refractivity (Wildman–Crippen MR) is 99.0 cm³/mol. The maximum atomic E-state index is 12.5. The Hall–Kier alpha value is -1.79. The zero-order valence-corrected chi connectivity index (χ0v) is 14.4. The number of nitrogens with zero attached hydrogens (tertiary/aromatic N) is 2. The molecule has 1 atom stereocenters. The van der Waals surface area contributed by atoms with Gasteiger partial charge in [0.25, 0.3) is 0 Å². The van der Waals surface area contributed by atoms with Crippen LogP contribution in [0.5, 0.6) is 0 Å². The third-order valence-corrected chi connectivity index (χ3v) is 5.93. The maximum absolute atomic E-state index is 12.5. The Morgan fingerprint density at radius 2 is 2.08 bits per heavy atom. The molecule has 0 radical (unpaired) electrons. The number of benzene rings is 1. The lowest BCUT2D eigenvalue weighted by Gasteiger charge is -2.33. The molecule has 0 bridgehead atoms. The Morgan fingerprint density at radius 3 is 2.83 bits per heavy atom. The largest absolute Gasteiger partial charge is 0.397 e. The van der Waals surface area contributed by atoms with Gasteiger partial charge in [0.05, 0.1) is 22.9 Å². The SMILES string of the molecule is Nc1cc2ccccc2nc1C1CCN(C(=O)[C@H]2CSCN2)CC1. The van der Waals surface area contributed by atoms with Gasteiger partial charge < -0.3 is 10.6 Å². The average molecular weight is 342 g/mol. The van der Waals surface area contributed by atoms with Gasteiger partial charge in [-0.2, -0.15) is 0 Å². The van der Waals surface area contributed by atoms with Gasteiger partial charge in [-0.3, -0.25) is 15.1 Å². The van der Waals surface area contributed by atoms with Gasteiger partial charge in [0.2, 0.25) is 5.91 Å². The number of hydrogen-bond donors (Lipinski definition) is 2. The number of carbonyl (C=O) groups excluding carboxylic acids is 1. The normalized spacial score (nSPS) is 22.2. The molecule has 2 aromatic rings. The number of para-hydroxylation sites is 1. The van der Waals surface area contributed by atoms with E-state index >= 15 is 0 Å². The van der Waals surface area contributed by atoms with Crippen LogP contribution >= 0.6 is 11.8 Å². The molecule has 2 aliphatic rings. The van der Waals surface area contributed by atoms with E-state index in [4.69, 9.17) is 10.7 Å². The predicted octanol–water partition coefficient (Wildman–Crippen LogP) is 2.19. The highest BCUT2D eigenvalue weighted by molar-refractivity contribution is 7.99. The molecule has 0 unspecified atom stereocenters. The smallest absolute Gasteiger partial charge is 0.240 e. The molecule has 6 heteroatoms. The van der Waals surface area contributed by atoms with Crippen LogP contribution < -0.4 is 11.1 Å². The van der Waals surface area contributed by atoms with Crippen LogP contribution in [0.1, 0.15) is 24.5 Å². The molecule has 3 N–H and O–H groups in total. The van der Waals surface area contributed by atoms with Crippen LogP contribution in [0.2, 0.25) is 0 Å². The first-order valence-electron chi connectivity index (χ1n) is 8.47. The summed E-state index contributed by atoms with van der Waals surface area (Å²) in [5.74, 6) is 2.35. The number of hydrogen-bond acceptors (Lipinski definition) is 5. The molecule has 0 saturated carbocycles. The van der Waals surface area contributed by atoms with Crippen LogP contribution in [0.15, 0.2) is 30.3 Å². The lowest BCUT2D eigenvalue weighted by atomic mass is 9.91. The van der Waals surface area contributed by atoms with E-state index in [-0.39, 0.29) is 11.9 Å². The monoisotopic (exact) mass is 342 g/mol. The third-order valence-electron chi connectivity index (χ3n) is 4.99. The second kappa shape index (κ2) is 6.61. The van der Waals surface area contributed by atoms with Gasteiger partial charge >= 0.3 is 0 Å². The second-order valence-electron chi connectivity index (χ2n) is 6.53. The molecule has 1 amide bonds. The van der Waals surface area contributed by atoms with Crippen LogP contribution in [-0.2, 0) is 4.79 Å². The number of fused-ring (bicyclic) bond motifs is 1.